The molecule has 5 heteroatoms. The summed E-state index contributed by atoms with van der Waals surface area (Å²) in [6, 6.07) is 1.62. The van der Waals surface area contributed by atoms with Gasteiger partial charge in [0.2, 0.25) is 6.08 Å². The molecular weight excluding hydrogens is 245 g/mol. The van der Waals surface area contributed by atoms with Crippen LogP contribution in [0, 0.1) is 12.7 Å². The van der Waals surface area contributed by atoms with Gasteiger partial charge in [0.05, 0.1) is 12.1 Å². The lowest BCUT2D eigenvalue weighted by Gasteiger charge is -2.15. The molecule has 0 heterocycles. The van der Waals surface area contributed by atoms with E-state index >= 15 is 0 Å². The average molecular weight is 256 g/mol. The summed E-state index contributed by atoms with van der Waals surface area (Å²) in [6.45, 7) is 1.76. The third-order valence-electron chi connectivity index (χ3n) is 3.03. The molecule has 2 rings (SSSR count). The molecular formula is C12H11ClFNO2. The summed E-state index contributed by atoms with van der Waals surface area (Å²) in [5, 5.41) is 0.250. The van der Waals surface area contributed by atoms with Gasteiger partial charge in [-0.05, 0) is 31.4 Å². The lowest BCUT2D eigenvalue weighted by molar-refractivity contribution is 0.381. The SMILES string of the molecule is COc1c(F)c(C2(N=C=O)CC2)cc(C)c1Cl. The fourth-order valence-corrected chi connectivity index (χ4v) is 2.12. The first-order chi connectivity index (χ1) is 8.05. The monoisotopic (exact) mass is 255 g/mol. The van der Waals surface area contributed by atoms with Gasteiger partial charge in [0.15, 0.2) is 11.6 Å². The van der Waals surface area contributed by atoms with Crippen molar-refractivity contribution in [2.45, 2.75) is 25.3 Å². The zero-order valence-corrected chi connectivity index (χ0v) is 10.3. The van der Waals surface area contributed by atoms with Crippen LogP contribution in [-0.2, 0) is 10.3 Å². The highest BCUT2D eigenvalue weighted by Crippen LogP contribution is 2.52. The smallest absolute Gasteiger partial charge is 0.235 e. The Labute approximate surface area is 103 Å². The van der Waals surface area contributed by atoms with Gasteiger partial charge in [-0.15, -0.1) is 0 Å². The first-order valence-corrected chi connectivity index (χ1v) is 5.55. The molecule has 1 fully saturated rings. The Bertz CT molecular complexity index is 520. The van der Waals surface area contributed by atoms with Crippen LogP contribution in [0.15, 0.2) is 11.1 Å². The van der Waals surface area contributed by atoms with Gasteiger partial charge in [0.25, 0.3) is 0 Å². The predicted molar refractivity (Wildman–Crippen MR) is 61.7 cm³/mol. The van der Waals surface area contributed by atoms with E-state index in [2.05, 4.69) is 4.99 Å². The van der Waals surface area contributed by atoms with E-state index in [1.165, 1.54) is 13.2 Å². The number of rotatable bonds is 3. The van der Waals surface area contributed by atoms with Crippen LogP contribution >= 0.6 is 11.6 Å². The molecule has 0 aromatic heterocycles. The molecule has 0 N–H and O–H groups in total. The van der Waals surface area contributed by atoms with Gasteiger partial charge in [-0.1, -0.05) is 11.6 Å². The van der Waals surface area contributed by atoms with Gasteiger partial charge < -0.3 is 4.74 Å². The molecule has 1 aliphatic rings. The second kappa shape index (κ2) is 4.13. The molecule has 17 heavy (non-hydrogen) atoms. The van der Waals surface area contributed by atoms with Crippen LogP contribution in [0.5, 0.6) is 5.75 Å². The van der Waals surface area contributed by atoms with Crippen LogP contribution < -0.4 is 4.74 Å². The third-order valence-corrected chi connectivity index (χ3v) is 3.50. The molecule has 0 unspecified atom stereocenters. The van der Waals surface area contributed by atoms with Crippen molar-refractivity contribution in [2.75, 3.05) is 7.11 Å². The maximum absolute atomic E-state index is 14.2. The van der Waals surface area contributed by atoms with E-state index in [9.17, 15) is 9.18 Å². The summed E-state index contributed by atoms with van der Waals surface area (Å²) in [4.78, 5) is 14.1. The Morgan fingerprint density at radius 3 is 2.71 bits per heavy atom. The fourth-order valence-electron chi connectivity index (χ4n) is 1.91. The van der Waals surface area contributed by atoms with Crippen LogP contribution in [-0.4, -0.2) is 13.2 Å². The van der Waals surface area contributed by atoms with E-state index in [0.29, 0.717) is 24.0 Å². The molecule has 1 aliphatic carbocycles. The number of benzene rings is 1. The van der Waals surface area contributed by atoms with Gasteiger partial charge in [-0.3, -0.25) is 0 Å². The van der Waals surface area contributed by atoms with Gasteiger partial charge in [-0.2, -0.15) is 4.99 Å². The first kappa shape index (κ1) is 12.1. The topological polar surface area (TPSA) is 38.7 Å². The zero-order valence-electron chi connectivity index (χ0n) is 9.51. The molecule has 0 atom stereocenters. The molecule has 0 amide bonds. The Morgan fingerprint density at radius 2 is 2.24 bits per heavy atom. The highest BCUT2D eigenvalue weighted by Gasteiger charge is 2.47. The standard InChI is InChI=1S/C12H11ClFNO2/c1-7-5-8(12(3-4-12)15-6-16)10(14)11(17-2)9(7)13/h5H,3-4H2,1-2H3. The molecule has 0 bridgehead atoms. The molecule has 0 radical (unpaired) electrons. The Balaban J connectivity index is 2.64. The van der Waals surface area contributed by atoms with Gasteiger partial charge in [0, 0.05) is 5.56 Å². The second-order valence-corrected chi connectivity index (χ2v) is 4.51. The van der Waals surface area contributed by atoms with Gasteiger partial charge in [0.1, 0.15) is 5.54 Å². The Morgan fingerprint density at radius 1 is 1.59 bits per heavy atom. The lowest BCUT2D eigenvalue weighted by atomic mass is 10.0. The van der Waals surface area contributed by atoms with Crippen molar-refractivity contribution in [1.82, 2.24) is 0 Å². The van der Waals surface area contributed by atoms with Gasteiger partial charge >= 0.3 is 0 Å². The number of carbonyl (C=O) groups excluding carboxylic acids is 1. The van der Waals surface area contributed by atoms with Gasteiger partial charge in [-0.25, -0.2) is 9.18 Å². The van der Waals surface area contributed by atoms with E-state index in [4.69, 9.17) is 16.3 Å². The minimum Gasteiger partial charge on any atom is -0.492 e. The van der Waals surface area contributed by atoms with Crippen molar-refractivity contribution in [2.24, 2.45) is 4.99 Å². The molecule has 0 spiro atoms. The normalized spacial score (nSPS) is 16.2. The summed E-state index contributed by atoms with van der Waals surface area (Å²) >= 11 is 5.95. The summed E-state index contributed by atoms with van der Waals surface area (Å²) in [7, 11) is 1.36. The summed E-state index contributed by atoms with van der Waals surface area (Å²) < 4.78 is 19.1. The van der Waals surface area contributed by atoms with Crippen LogP contribution in [0.4, 0.5) is 4.39 Å². The molecule has 90 valence electrons. The number of hydrogen-bond donors (Lipinski definition) is 0. The summed E-state index contributed by atoms with van der Waals surface area (Å²) in [5.74, 6) is -0.534. The van der Waals surface area contributed by atoms with E-state index < -0.39 is 11.4 Å². The molecule has 0 saturated heterocycles. The van der Waals surface area contributed by atoms with E-state index in [1.54, 1.807) is 13.0 Å². The number of hydrogen-bond acceptors (Lipinski definition) is 3. The Kier molecular flexibility index (Phi) is 2.94. The van der Waals surface area contributed by atoms with Crippen LogP contribution in [0.3, 0.4) is 0 Å². The number of isocyanates is 1. The molecule has 0 aliphatic heterocycles. The van der Waals surface area contributed by atoms with E-state index in [-0.39, 0.29) is 10.8 Å². The minimum absolute atomic E-state index is 0.00837. The number of aliphatic imine (C=N–C) groups is 1. The van der Waals surface area contributed by atoms with E-state index in [1.807, 2.05) is 0 Å². The van der Waals surface area contributed by atoms with Crippen molar-refractivity contribution in [3.63, 3.8) is 0 Å². The third kappa shape index (κ3) is 1.84. The number of methoxy groups -OCH3 is 1. The average Bonchev–Trinajstić information content (AvgIpc) is 3.06. The Hall–Kier alpha value is -1.38. The minimum atomic E-state index is -0.755. The van der Waals surface area contributed by atoms with E-state index in [0.717, 1.165) is 0 Å². The van der Waals surface area contributed by atoms with Crippen molar-refractivity contribution < 1.29 is 13.9 Å². The molecule has 1 saturated carbocycles. The lowest BCUT2D eigenvalue weighted by Crippen LogP contribution is -2.08. The maximum atomic E-state index is 14.2. The first-order valence-electron chi connectivity index (χ1n) is 5.18. The van der Waals surface area contributed by atoms with Crippen LogP contribution in [0.25, 0.3) is 0 Å². The van der Waals surface area contributed by atoms with Crippen molar-refractivity contribution in [3.05, 3.63) is 28.0 Å². The fraction of sp³-hybridized carbons (Fsp3) is 0.417. The number of nitrogens with zero attached hydrogens (tertiary/aromatic N) is 1. The summed E-state index contributed by atoms with van der Waals surface area (Å²) in [6.07, 6.45) is 2.79. The highest BCUT2D eigenvalue weighted by atomic mass is 35.5. The predicted octanol–water partition coefficient (Wildman–Crippen LogP) is 3.12. The zero-order chi connectivity index (χ0) is 12.6. The number of aryl methyl sites for hydroxylation is 1. The summed E-state index contributed by atoms with van der Waals surface area (Å²) in [5.41, 5.74) is 0.306. The molecule has 1 aromatic rings. The van der Waals surface area contributed by atoms with Crippen LogP contribution in [0.2, 0.25) is 5.02 Å². The molecule has 1 aromatic carbocycles. The number of halogens is 2. The quantitative estimate of drug-likeness (QED) is 0.615. The maximum Gasteiger partial charge on any atom is 0.235 e. The van der Waals surface area contributed by atoms with Crippen molar-refractivity contribution in [1.29, 1.82) is 0 Å². The largest absolute Gasteiger partial charge is 0.492 e. The van der Waals surface area contributed by atoms with Crippen LogP contribution in [0.1, 0.15) is 24.0 Å². The highest BCUT2D eigenvalue weighted by molar-refractivity contribution is 6.32. The molecule has 3 nitrogen and oxygen atoms in total. The van der Waals surface area contributed by atoms with Crippen molar-refractivity contribution in [3.8, 4) is 5.75 Å². The van der Waals surface area contributed by atoms with Crippen molar-refractivity contribution >= 4 is 17.7 Å². The number of ether oxygens (including phenoxy) is 1. The second-order valence-electron chi connectivity index (χ2n) is 4.14.